The molecule has 2 aromatic rings. The number of carbonyl (C=O) groups excluding carboxylic acids is 2. The van der Waals surface area contributed by atoms with Gasteiger partial charge in [0.2, 0.25) is 5.91 Å². The van der Waals surface area contributed by atoms with Gasteiger partial charge in [-0.05, 0) is 27.7 Å². The van der Waals surface area contributed by atoms with Crippen molar-refractivity contribution < 1.29 is 24.2 Å². The van der Waals surface area contributed by atoms with Crippen LogP contribution in [0.3, 0.4) is 0 Å². The number of carbonyl (C=O) groups is 3. The molecule has 0 radical (unpaired) electrons. The normalized spacial score (nSPS) is 17.2. The Bertz CT molecular complexity index is 1050. The number of hydrogen-bond donors (Lipinski definition) is 2. The number of ether oxygens (including phenoxy) is 1. The third-order valence-corrected chi connectivity index (χ3v) is 7.04. The fourth-order valence-corrected chi connectivity index (χ4v) is 4.80. The van der Waals surface area contributed by atoms with Gasteiger partial charge in [0.25, 0.3) is 0 Å². The Hall–Kier alpha value is -3.35. The number of carboxylic acids is 1. The molecule has 0 aromatic heterocycles. The topological polar surface area (TPSA) is 95.9 Å². The second-order valence-electron chi connectivity index (χ2n) is 10.4. The summed E-state index contributed by atoms with van der Waals surface area (Å²) in [6, 6.07) is 15.5. The average Bonchev–Trinajstić information content (AvgIpc) is 3.07. The fourth-order valence-electron chi connectivity index (χ4n) is 4.80. The summed E-state index contributed by atoms with van der Waals surface area (Å²) < 4.78 is 5.64. The van der Waals surface area contributed by atoms with E-state index >= 15 is 0 Å². The van der Waals surface area contributed by atoms with Crippen LogP contribution in [0, 0.1) is 17.3 Å². The number of hydrogen-bond acceptors (Lipinski definition) is 4. The summed E-state index contributed by atoms with van der Waals surface area (Å²) in [4.78, 5) is 38.8. The van der Waals surface area contributed by atoms with Gasteiger partial charge in [0.15, 0.2) is 0 Å². The summed E-state index contributed by atoms with van der Waals surface area (Å²) in [6.07, 6.45) is -0.633. The number of rotatable bonds is 6. The van der Waals surface area contributed by atoms with Crippen LogP contribution in [-0.2, 0) is 14.3 Å². The number of aliphatic carboxylic acids is 1. The van der Waals surface area contributed by atoms with E-state index in [1.54, 1.807) is 11.8 Å². The summed E-state index contributed by atoms with van der Waals surface area (Å²) in [5.74, 6) is -1.71. The molecule has 7 nitrogen and oxygen atoms in total. The smallest absolute Gasteiger partial charge is 0.407 e. The van der Waals surface area contributed by atoms with E-state index in [0.717, 1.165) is 22.3 Å². The van der Waals surface area contributed by atoms with Gasteiger partial charge in [-0.3, -0.25) is 9.59 Å². The van der Waals surface area contributed by atoms with Crippen LogP contribution >= 0.6 is 0 Å². The molecule has 2 aromatic carbocycles. The van der Waals surface area contributed by atoms with E-state index in [-0.39, 0.29) is 24.3 Å². The van der Waals surface area contributed by atoms with Crippen molar-refractivity contribution in [3.8, 4) is 11.1 Å². The summed E-state index contributed by atoms with van der Waals surface area (Å²) in [7, 11) is 0. The van der Waals surface area contributed by atoms with Crippen molar-refractivity contribution in [1.82, 2.24) is 10.2 Å². The number of amides is 2. The Kier molecular flexibility index (Phi) is 6.39. The first-order chi connectivity index (χ1) is 16.1. The Morgan fingerprint density at radius 3 is 2.06 bits per heavy atom. The van der Waals surface area contributed by atoms with Crippen molar-refractivity contribution in [2.24, 2.45) is 17.3 Å². The molecular formula is C27H32N2O5. The number of nitrogens with zero attached hydrogens (tertiary/aromatic N) is 1. The van der Waals surface area contributed by atoms with Crippen molar-refractivity contribution in [3.63, 3.8) is 0 Å². The molecule has 2 atom stereocenters. The Morgan fingerprint density at radius 1 is 1.03 bits per heavy atom. The second-order valence-corrected chi connectivity index (χ2v) is 10.4. The second kappa shape index (κ2) is 9.12. The molecular weight excluding hydrogens is 432 g/mol. The highest BCUT2D eigenvalue weighted by Gasteiger charge is 2.43. The lowest BCUT2D eigenvalue weighted by Gasteiger charge is -2.44. The third kappa shape index (κ3) is 4.52. The molecule has 2 amide bonds. The lowest BCUT2D eigenvalue weighted by molar-refractivity contribution is -0.152. The summed E-state index contributed by atoms with van der Waals surface area (Å²) in [5, 5.41) is 12.0. The van der Waals surface area contributed by atoms with Crippen molar-refractivity contribution in [2.45, 2.75) is 39.7 Å². The van der Waals surface area contributed by atoms with Crippen molar-refractivity contribution >= 4 is 18.0 Å². The maximum absolute atomic E-state index is 13.1. The van der Waals surface area contributed by atoms with Crippen LogP contribution in [0.5, 0.6) is 0 Å². The first kappa shape index (κ1) is 23.8. The van der Waals surface area contributed by atoms with Gasteiger partial charge in [0.05, 0.1) is 5.92 Å². The van der Waals surface area contributed by atoms with E-state index in [0.29, 0.717) is 13.1 Å². The number of carboxylic acid groups (broad SMARTS) is 1. The Labute approximate surface area is 200 Å². The number of fused-ring (bicyclic) bond motifs is 3. The number of benzene rings is 2. The molecule has 0 saturated carbocycles. The van der Waals surface area contributed by atoms with Crippen LogP contribution in [-0.4, -0.2) is 53.7 Å². The maximum Gasteiger partial charge on any atom is 0.407 e. The molecule has 1 heterocycles. The van der Waals surface area contributed by atoms with E-state index < -0.39 is 29.4 Å². The zero-order valence-electron chi connectivity index (χ0n) is 20.1. The summed E-state index contributed by atoms with van der Waals surface area (Å²) >= 11 is 0. The number of likely N-dealkylation sites (tertiary alicyclic amines) is 1. The first-order valence-electron chi connectivity index (χ1n) is 11.7. The fraction of sp³-hybridized carbons (Fsp3) is 0.444. The standard InChI is InChI=1S/C27H32N2O5/c1-16(25(31)32)17-13-29(14-17)24(30)23(27(2,3)4)28-26(33)34-15-22-20-11-7-5-9-18(20)19-10-6-8-12-21(19)22/h5-12,16-17,22-23H,13-15H2,1-4H3,(H,28,33)(H,31,32)/t16?,23-/m1/s1. The lowest BCUT2D eigenvalue weighted by Crippen LogP contribution is -2.61. The average molecular weight is 465 g/mol. The number of alkyl carbamates (subject to hydrolysis) is 1. The maximum atomic E-state index is 13.1. The minimum absolute atomic E-state index is 0.0596. The Balaban J connectivity index is 1.40. The van der Waals surface area contributed by atoms with E-state index in [9.17, 15) is 19.5 Å². The Morgan fingerprint density at radius 2 is 1.56 bits per heavy atom. The molecule has 0 bridgehead atoms. The van der Waals surface area contributed by atoms with Gasteiger partial charge in [-0.15, -0.1) is 0 Å². The minimum atomic E-state index is -0.860. The van der Waals surface area contributed by atoms with E-state index in [1.165, 1.54) is 0 Å². The minimum Gasteiger partial charge on any atom is -0.481 e. The molecule has 7 heteroatoms. The number of nitrogens with one attached hydrogen (secondary N) is 1. The van der Waals surface area contributed by atoms with Crippen LogP contribution in [0.15, 0.2) is 48.5 Å². The van der Waals surface area contributed by atoms with E-state index in [4.69, 9.17) is 4.74 Å². The van der Waals surface area contributed by atoms with E-state index in [1.807, 2.05) is 45.0 Å². The molecule has 180 valence electrons. The largest absolute Gasteiger partial charge is 0.481 e. The molecule has 1 aliphatic carbocycles. The monoisotopic (exact) mass is 464 g/mol. The van der Waals surface area contributed by atoms with Gasteiger partial charge in [-0.25, -0.2) is 4.79 Å². The van der Waals surface area contributed by atoms with Gasteiger partial charge in [-0.1, -0.05) is 76.2 Å². The molecule has 1 fully saturated rings. The van der Waals surface area contributed by atoms with Gasteiger partial charge < -0.3 is 20.1 Å². The molecule has 2 aliphatic rings. The van der Waals surface area contributed by atoms with Gasteiger partial charge in [0.1, 0.15) is 12.6 Å². The SMILES string of the molecule is CC(C(=O)O)C1CN(C(=O)[C@@H](NC(=O)OCC2c3ccccc3-c3ccccc32)C(C)(C)C)C1. The van der Waals surface area contributed by atoms with E-state index in [2.05, 4.69) is 29.6 Å². The zero-order valence-corrected chi connectivity index (χ0v) is 20.1. The quantitative estimate of drug-likeness (QED) is 0.671. The van der Waals surface area contributed by atoms with Gasteiger partial charge >= 0.3 is 12.1 Å². The highest BCUT2D eigenvalue weighted by atomic mass is 16.5. The molecule has 1 aliphatic heterocycles. The molecule has 0 spiro atoms. The molecule has 1 unspecified atom stereocenters. The van der Waals surface area contributed by atoms with Crippen LogP contribution in [0.1, 0.15) is 44.7 Å². The van der Waals surface area contributed by atoms with Crippen LogP contribution in [0.2, 0.25) is 0 Å². The first-order valence-corrected chi connectivity index (χ1v) is 11.7. The highest BCUT2D eigenvalue weighted by Crippen LogP contribution is 2.44. The lowest BCUT2D eigenvalue weighted by atomic mass is 9.82. The predicted octanol–water partition coefficient (Wildman–Crippen LogP) is 4.12. The molecule has 1 saturated heterocycles. The van der Waals surface area contributed by atoms with Crippen LogP contribution in [0.25, 0.3) is 11.1 Å². The molecule has 2 N–H and O–H groups in total. The van der Waals surface area contributed by atoms with Gasteiger partial charge in [0, 0.05) is 24.9 Å². The molecule has 34 heavy (non-hydrogen) atoms. The summed E-state index contributed by atoms with van der Waals surface area (Å²) in [5.41, 5.74) is 4.01. The third-order valence-electron chi connectivity index (χ3n) is 7.04. The van der Waals surface area contributed by atoms with Crippen LogP contribution in [0.4, 0.5) is 4.79 Å². The van der Waals surface area contributed by atoms with Crippen LogP contribution < -0.4 is 5.32 Å². The van der Waals surface area contributed by atoms with Crippen molar-refractivity contribution in [1.29, 1.82) is 0 Å². The molecule has 4 rings (SSSR count). The highest BCUT2D eigenvalue weighted by molar-refractivity contribution is 5.87. The zero-order chi connectivity index (χ0) is 24.6. The predicted molar refractivity (Wildman–Crippen MR) is 128 cm³/mol. The van der Waals surface area contributed by atoms with Gasteiger partial charge in [-0.2, -0.15) is 0 Å². The van der Waals surface area contributed by atoms with Crippen molar-refractivity contribution in [2.75, 3.05) is 19.7 Å². The van der Waals surface area contributed by atoms with Crippen molar-refractivity contribution in [3.05, 3.63) is 59.7 Å². The summed E-state index contributed by atoms with van der Waals surface area (Å²) in [6.45, 7) is 8.25.